The Balaban J connectivity index is 1.42. The first-order chi connectivity index (χ1) is 16.9. The minimum absolute atomic E-state index is 0.000847. The van der Waals surface area contributed by atoms with Crippen LogP contribution in [-0.4, -0.2) is 12.0 Å². The molecule has 2 aliphatic rings. The van der Waals surface area contributed by atoms with Crippen molar-refractivity contribution < 1.29 is 4.42 Å². The second kappa shape index (κ2) is 6.52. The summed E-state index contributed by atoms with van der Waals surface area (Å²) in [5.74, 6) is 0. The highest BCUT2D eigenvalue weighted by molar-refractivity contribution is 6.86. The smallest absolute Gasteiger partial charge is 0.421 e. The van der Waals surface area contributed by atoms with E-state index in [1.807, 2.05) is 24.4 Å². The van der Waals surface area contributed by atoms with E-state index in [0.717, 1.165) is 39.0 Å². The summed E-state index contributed by atoms with van der Waals surface area (Å²) in [5, 5.41) is 2.28. The summed E-state index contributed by atoms with van der Waals surface area (Å²) < 4.78 is 6.11. The van der Waals surface area contributed by atoms with Crippen molar-refractivity contribution in [3.63, 3.8) is 0 Å². The van der Waals surface area contributed by atoms with Crippen LogP contribution in [0.25, 0.3) is 33.2 Å². The first-order valence-corrected chi connectivity index (χ1v) is 11.5. The summed E-state index contributed by atoms with van der Waals surface area (Å²) in [6.45, 7) is 0.000847. The summed E-state index contributed by atoms with van der Waals surface area (Å²) in [7, 11) is 0. The Labute approximate surface area is 196 Å². The molecule has 0 saturated heterocycles. The lowest BCUT2D eigenvalue weighted by Crippen LogP contribution is -2.55. The molecule has 0 atom stereocenters. The molecule has 4 aromatic carbocycles. The molecule has 34 heavy (non-hydrogen) atoms. The summed E-state index contributed by atoms with van der Waals surface area (Å²) in [6.07, 6.45) is 1.88. The topological polar surface area (TPSA) is 32.5 Å². The fraction of sp³-hybridized carbons (Fsp3) is 0. The zero-order valence-electron chi connectivity index (χ0n) is 18.2. The third kappa shape index (κ3) is 2.26. The van der Waals surface area contributed by atoms with E-state index in [9.17, 15) is 0 Å². The van der Waals surface area contributed by atoms with Gasteiger partial charge < -0.3 is 14.0 Å². The van der Waals surface area contributed by atoms with Gasteiger partial charge >= 0.3 is 6.98 Å². The van der Waals surface area contributed by atoms with E-state index in [-0.39, 0.29) is 6.98 Å². The van der Waals surface area contributed by atoms with Crippen LogP contribution in [0.3, 0.4) is 0 Å². The summed E-state index contributed by atoms with van der Waals surface area (Å²) in [5.41, 5.74) is 9.95. The Morgan fingerprint density at radius 2 is 1.35 bits per heavy atom. The molecular formula is C29H18BN3O. The zero-order valence-corrected chi connectivity index (χ0v) is 18.2. The number of rotatable bonds is 1. The Morgan fingerprint density at radius 3 is 2.29 bits per heavy atom. The maximum absolute atomic E-state index is 6.11. The van der Waals surface area contributed by atoms with Crippen LogP contribution in [0.1, 0.15) is 0 Å². The third-order valence-electron chi connectivity index (χ3n) is 7.07. The van der Waals surface area contributed by atoms with Crippen LogP contribution in [0.5, 0.6) is 0 Å². The molecule has 0 saturated carbocycles. The molecule has 2 aromatic heterocycles. The molecule has 5 heteroatoms. The molecule has 0 fully saturated rings. The van der Waals surface area contributed by atoms with Crippen molar-refractivity contribution in [2.24, 2.45) is 0 Å². The number of furan rings is 1. The molecule has 0 spiro atoms. The van der Waals surface area contributed by atoms with Gasteiger partial charge in [-0.05, 0) is 54.0 Å². The van der Waals surface area contributed by atoms with Crippen LogP contribution in [0.15, 0.2) is 114 Å². The minimum atomic E-state index is 0.000847. The standard InChI is InChI=1S/C29H18BN3O/c1-3-10-23-21(9-1)29-26(13-7-17-31-29)33-25-12-5-4-11-24(25)32(30(23)33)19-15-16-28-22(18-19)20-8-2-6-14-27(20)34-28/h1-18H. The maximum atomic E-state index is 6.11. The van der Waals surface area contributed by atoms with Gasteiger partial charge in [-0.15, -0.1) is 0 Å². The fourth-order valence-electron chi connectivity index (χ4n) is 5.67. The van der Waals surface area contributed by atoms with E-state index in [1.165, 1.54) is 22.4 Å². The number of aromatic nitrogens is 1. The number of hydrogen-bond donors (Lipinski definition) is 0. The predicted octanol–water partition coefficient (Wildman–Crippen LogP) is 6.65. The molecule has 0 N–H and O–H groups in total. The molecule has 2 aliphatic heterocycles. The Morgan fingerprint density at radius 1 is 0.618 bits per heavy atom. The molecule has 0 bridgehead atoms. The molecule has 0 amide bonds. The highest BCUT2D eigenvalue weighted by atomic mass is 16.3. The van der Waals surface area contributed by atoms with E-state index < -0.39 is 0 Å². The number of pyridine rings is 1. The van der Waals surface area contributed by atoms with Gasteiger partial charge in [0.05, 0.1) is 22.8 Å². The molecule has 158 valence electrons. The van der Waals surface area contributed by atoms with Gasteiger partial charge in [0.15, 0.2) is 0 Å². The normalized spacial score (nSPS) is 13.7. The first-order valence-electron chi connectivity index (χ1n) is 11.5. The van der Waals surface area contributed by atoms with Crippen molar-refractivity contribution in [2.45, 2.75) is 0 Å². The van der Waals surface area contributed by atoms with Gasteiger partial charge in [0, 0.05) is 28.2 Å². The maximum Gasteiger partial charge on any atom is 0.421 e. The number of hydrogen-bond acceptors (Lipinski definition) is 4. The van der Waals surface area contributed by atoms with E-state index >= 15 is 0 Å². The quantitative estimate of drug-likeness (QED) is 0.271. The Kier molecular flexibility index (Phi) is 3.45. The number of fused-ring (bicyclic) bond motifs is 11. The van der Waals surface area contributed by atoms with Crippen LogP contribution in [0.2, 0.25) is 0 Å². The predicted molar refractivity (Wildman–Crippen MR) is 140 cm³/mol. The largest absolute Gasteiger partial charge is 0.456 e. The van der Waals surface area contributed by atoms with E-state index in [1.54, 1.807) is 0 Å². The number of benzene rings is 4. The highest BCUT2D eigenvalue weighted by Gasteiger charge is 2.48. The number of para-hydroxylation sites is 3. The lowest BCUT2D eigenvalue weighted by Gasteiger charge is -2.35. The highest BCUT2D eigenvalue weighted by Crippen LogP contribution is 2.50. The van der Waals surface area contributed by atoms with Crippen LogP contribution >= 0.6 is 0 Å². The first kappa shape index (κ1) is 18.0. The van der Waals surface area contributed by atoms with E-state index in [0.29, 0.717) is 0 Å². The lowest BCUT2D eigenvalue weighted by atomic mass is 9.60. The Bertz CT molecular complexity index is 1760. The molecule has 0 radical (unpaired) electrons. The summed E-state index contributed by atoms with van der Waals surface area (Å²) in [6, 6.07) is 36.3. The monoisotopic (exact) mass is 435 g/mol. The zero-order chi connectivity index (χ0) is 22.2. The van der Waals surface area contributed by atoms with Crippen LogP contribution in [0.4, 0.5) is 22.7 Å². The van der Waals surface area contributed by atoms with Gasteiger partial charge in [-0.25, -0.2) is 0 Å². The average Bonchev–Trinajstić information content (AvgIpc) is 3.45. The molecule has 4 nitrogen and oxygen atoms in total. The summed E-state index contributed by atoms with van der Waals surface area (Å²) >= 11 is 0. The average molecular weight is 435 g/mol. The molecule has 4 heterocycles. The van der Waals surface area contributed by atoms with Crippen molar-refractivity contribution in [1.82, 2.24) is 4.98 Å². The second-order valence-electron chi connectivity index (χ2n) is 8.84. The fourth-order valence-corrected chi connectivity index (χ4v) is 5.67. The van der Waals surface area contributed by atoms with E-state index in [4.69, 9.17) is 9.40 Å². The molecular weight excluding hydrogens is 417 g/mol. The third-order valence-corrected chi connectivity index (χ3v) is 7.07. The SMILES string of the molecule is c1ccc2c(c1)B1N(c3ccc4oc5ccccc5c4c3)c3ccccc3N1c1cccnc1-2. The van der Waals surface area contributed by atoms with Gasteiger partial charge in [0.2, 0.25) is 0 Å². The van der Waals surface area contributed by atoms with Gasteiger partial charge in [-0.3, -0.25) is 4.98 Å². The van der Waals surface area contributed by atoms with Crippen molar-refractivity contribution in [1.29, 1.82) is 0 Å². The van der Waals surface area contributed by atoms with Gasteiger partial charge in [0.1, 0.15) is 11.2 Å². The minimum Gasteiger partial charge on any atom is -0.456 e. The van der Waals surface area contributed by atoms with Crippen LogP contribution < -0.4 is 15.1 Å². The van der Waals surface area contributed by atoms with Crippen molar-refractivity contribution in [2.75, 3.05) is 9.62 Å². The van der Waals surface area contributed by atoms with Crippen LogP contribution in [0, 0.1) is 0 Å². The molecule has 0 aliphatic carbocycles. The van der Waals surface area contributed by atoms with E-state index in [2.05, 4.69) is 94.6 Å². The van der Waals surface area contributed by atoms with Gasteiger partial charge in [-0.2, -0.15) is 0 Å². The van der Waals surface area contributed by atoms with Crippen molar-refractivity contribution in [3.05, 3.63) is 109 Å². The summed E-state index contributed by atoms with van der Waals surface area (Å²) in [4.78, 5) is 9.67. The molecule has 8 rings (SSSR count). The lowest BCUT2D eigenvalue weighted by molar-refractivity contribution is 0.669. The van der Waals surface area contributed by atoms with Gasteiger partial charge in [-0.1, -0.05) is 54.6 Å². The number of nitrogens with zero attached hydrogens (tertiary/aromatic N) is 3. The number of anilines is 4. The van der Waals surface area contributed by atoms with Crippen LogP contribution in [-0.2, 0) is 0 Å². The molecule has 6 aromatic rings. The van der Waals surface area contributed by atoms with Crippen molar-refractivity contribution in [3.8, 4) is 11.3 Å². The van der Waals surface area contributed by atoms with Crippen molar-refractivity contribution >= 4 is 57.1 Å². The second-order valence-corrected chi connectivity index (χ2v) is 8.84. The van der Waals surface area contributed by atoms with Gasteiger partial charge in [0.25, 0.3) is 0 Å². The molecule has 0 unspecified atom stereocenters. The Hall–Kier alpha value is -4.51.